The van der Waals surface area contributed by atoms with Gasteiger partial charge < -0.3 is 53.5 Å². The molecule has 4 fully saturated rings. The van der Waals surface area contributed by atoms with Gasteiger partial charge in [0, 0.05) is 125 Å². The molecule has 496 valence electrons. The Morgan fingerprint density at radius 1 is 0.574 bits per heavy atom. The van der Waals surface area contributed by atoms with E-state index in [1.54, 1.807) is 42.9 Å². The monoisotopic (exact) mass is 1300 g/mol. The molecule has 21 nitrogen and oxygen atoms in total. The number of nitrogens with zero attached hydrogens (tertiary/aromatic N) is 15. The summed E-state index contributed by atoms with van der Waals surface area (Å²) in [5.74, 6) is 2.21. The molecule has 22 heteroatoms. The van der Waals surface area contributed by atoms with E-state index in [1.807, 2.05) is 0 Å². The largest absolute Gasteiger partial charge is 0.462 e. The number of ether oxygens (including phenoxy) is 2. The van der Waals surface area contributed by atoms with Gasteiger partial charge in [0.2, 0.25) is 36.1 Å². The maximum atomic E-state index is 12.6. The number of benzene rings is 4. The van der Waals surface area contributed by atoms with Crippen molar-refractivity contribution in [3.8, 4) is 12.0 Å². The Hall–Kier alpha value is -8.89. The number of piperidine rings is 1. The zero-order valence-corrected chi connectivity index (χ0v) is 54.9. The van der Waals surface area contributed by atoms with Gasteiger partial charge >= 0.3 is 12.0 Å². The van der Waals surface area contributed by atoms with E-state index in [1.165, 1.54) is 44.6 Å². The van der Waals surface area contributed by atoms with E-state index in [0.29, 0.717) is 83.5 Å². The summed E-state index contributed by atoms with van der Waals surface area (Å²) in [6.07, 6.45) is 10.2. The number of aromatic nitrogens is 4. The van der Waals surface area contributed by atoms with Gasteiger partial charge in [-0.15, -0.1) is 0 Å². The molecule has 3 unspecified atom stereocenters. The van der Waals surface area contributed by atoms with Gasteiger partial charge in [-0.3, -0.25) is 29.0 Å². The van der Waals surface area contributed by atoms with E-state index in [0.717, 1.165) is 125 Å². The minimum Gasteiger partial charge on any atom is -0.462 e. The maximum Gasteiger partial charge on any atom is 0.318 e. The highest BCUT2D eigenvalue weighted by molar-refractivity contribution is 6.66. The van der Waals surface area contributed by atoms with E-state index < -0.39 is 5.24 Å². The van der Waals surface area contributed by atoms with E-state index in [-0.39, 0.29) is 49.8 Å². The highest BCUT2D eigenvalue weighted by atomic mass is 35.5. The number of fused-ring (bicyclic) bond motifs is 4. The molecule has 6 aliphatic heterocycles. The third kappa shape index (κ3) is 16.9. The van der Waals surface area contributed by atoms with Crippen molar-refractivity contribution in [1.82, 2.24) is 44.4 Å². The molecule has 94 heavy (non-hydrogen) atoms. The average molecular weight is 1300 g/mol. The lowest BCUT2D eigenvalue weighted by molar-refractivity contribution is -0.131. The van der Waals surface area contributed by atoms with E-state index in [9.17, 15) is 19.2 Å². The summed E-state index contributed by atoms with van der Waals surface area (Å²) in [5, 5.41) is 4.38. The first-order valence-corrected chi connectivity index (χ1v) is 32.8. The Labute approximate surface area is 559 Å². The molecule has 4 atom stereocenters. The van der Waals surface area contributed by atoms with Crippen molar-refractivity contribution in [2.24, 2.45) is 5.92 Å². The van der Waals surface area contributed by atoms with Crippen LogP contribution in [0, 0.1) is 19.1 Å². The second-order valence-electron chi connectivity index (χ2n) is 25.1. The van der Waals surface area contributed by atoms with Crippen molar-refractivity contribution in [2.45, 2.75) is 90.0 Å². The topological polar surface area (TPSA) is 176 Å². The molecule has 8 heterocycles. The third-order valence-corrected chi connectivity index (χ3v) is 18.8. The summed E-state index contributed by atoms with van der Waals surface area (Å²) < 4.78 is 12.7. The van der Waals surface area contributed by atoms with Crippen molar-refractivity contribution >= 4 is 79.1 Å². The first kappa shape index (κ1) is 69.5. The quantitative estimate of drug-likeness (QED) is 0.0452. The van der Waals surface area contributed by atoms with Crippen LogP contribution in [0.2, 0.25) is 0 Å². The lowest BCUT2D eigenvalue weighted by Crippen LogP contribution is -2.56. The fraction of sp³-hybridized carbons (Fsp3) is 0.472. The summed E-state index contributed by atoms with van der Waals surface area (Å²) >= 11 is 4.71. The van der Waals surface area contributed by atoms with Gasteiger partial charge in [0.1, 0.15) is 30.9 Å². The van der Waals surface area contributed by atoms with Gasteiger partial charge in [-0.1, -0.05) is 93.4 Å². The number of anilines is 4. The molecule has 6 aliphatic rings. The molecule has 0 spiro atoms. The molecule has 0 bridgehead atoms. The Morgan fingerprint density at radius 3 is 1.51 bits per heavy atom. The molecule has 0 radical (unpaired) electrons. The van der Waals surface area contributed by atoms with Crippen LogP contribution in [0.15, 0.2) is 110 Å². The van der Waals surface area contributed by atoms with Gasteiger partial charge in [0.05, 0.1) is 37.6 Å². The maximum absolute atomic E-state index is 12.6. The molecule has 3 amide bonds. The summed E-state index contributed by atoms with van der Waals surface area (Å²) in [5.41, 5.74) is 6.65. The lowest BCUT2D eigenvalue weighted by atomic mass is 9.96. The Morgan fingerprint density at radius 2 is 1.04 bits per heavy atom. The summed E-state index contributed by atoms with van der Waals surface area (Å²) in [7, 11) is 7.17. The van der Waals surface area contributed by atoms with Crippen LogP contribution in [0.3, 0.4) is 0 Å². The molecule has 0 aliphatic carbocycles. The summed E-state index contributed by atoms with van der Waals surface area (Å²) in [6.45, 7) is 32.2. The van der Waals surface area contributed by atoms with Crippen LogP contribution in [-0.4, -0.2) is 212 Å². The number of amides is 3. The van der Waals surface area contributed by atoms with Gasteiger partial charge in [0.25, 0.3) is 0 Å². The molecular weight excluding hydrogens is 1210 g/mol. The number of likely N-dealkylation sites (N-methyl/N-ethyl adjacent to an activating group) is 2. The summed E-state index contributed by atoms with van der Waals surface area (Å²) in [6, 6.07) is 30.6. The molecule has 2 aromatic heterocycles. The first-order chi connectivity index (χ1) is 45.1. The van der Waals surface area contributed by atoms with Crippen molar-refractivity contribution in [1.29, 1.82) is 0 Å². The molecule has 6 aromatic rings. The predicted molar refractivity (Wildman–Crippen MR) is 373 cm³/mol. The van der Waals surface area contributed by atoms with Crippen molar-refractivity contribution < 1.29 is 28.7 Å². The van der Waals surface area contributed by atoms with Crippen LogP contribution in [0.25, 0.3) is 31.2 Å². The SMILES string of the molecule is C.C=CC(=O)Cl.[C-]#[N+]CC1CCCN(c2nc(OC[C@@H]3CCCN3CC(=O)N(C)C)nc3c2CCN(c2cccc4ccccc24)C3)C1.[C-]#[N+]CC1CN(c2nc(OCC3CCCN3CC(=O)N(C)C)nc3c2CCN(c2cccc4ccccc24)C3)CCN1C(=O)C=C. The zero-order chi connectivity index (χ0) is 65.5. The lowest BCUT2D eigenvalue weighted by Gasteiger charge is -2.41. The number of hydrogen-bond donors (Lipinski definition) is 0. The highest BCUT2D eigenvalue weighted by Crippen LogP contribution is 2.38. The minimum absolute atomic E-state index is 0. The highest BCUT2D eigenvalue weighted by Gasteiger charge is 2.37. The van der Waals surface area contributed by atoms with Crippen LogP contribution >= 0.6 is 11.6 Å². The molecule has 12 rings (SSSR count). The van der Waals surface area contributed by atoms with Crippen LogP contribution < -0.4 is 29.1 Å². The molecule has 0 N–H and O–H groups in total. The average Bonchev–Trinajstić information content (AvgIpc) is 0.822. The number of carbonyl (C=O) groups is 4. The van der Waals surface area contributed by atoms with Gasteiger partial charge in [0.15, 0.2) is 0 Å². The second-order valence-corrected chi connectivity index (χ2v) is 25.4. The van der Waals surface area contributed by atoms with Gasteiger partial charge in [-0.2, -0.15) is 19.9 Å². The van der Waals surface area contributed by atoms with Crippen molar-refractivity contribution in [2.75, 3.05) is 146 Å². The Bertz CT molecular complexity index is 3750. The standard InChI is InChI=1S/C35H42N8O3.C33H41N7O2.C3H3ClO.CH4/c1-5-32(44)43-19-18-42(21-27(43)20-36-2)34-29-15-17-41(31-14-8-11-25-10-6-7-13-28(25)31)22-30(29)37-35(38-34)46-24-26-12-9-16-40(26)23-33(45)39(3)4;1-34-19-24-9-7-17-40(20-24)32-28-15-18-39(30-14-6-11-25-10-4-5-13-27(25)30)21-29(28)35-33(36-32)42-23-26-12-8-16-38(26)22-31(41)37(2)3;1-2-3(4)5;/h5-8,10-11,13-14,26-27H,1,9,12,15-24H2,3-4H3;4-6,10-11,13-14,24,26H,7-9,12,15-23H2,2-3H3;2H,1H2;1H4/t;24?,26-;;/m.0../s1. The molecule has 4 saturated heterocycles. The third-order valence-electron chi connectivity index (χ3n) is 18.6. The number of carbonyl (C=O) groups excluding carboxylic acids is 4. The van der Waals surface area contributed by atoms with Crippen LogP contribution in [0.4, 0.5) is 23.0 Å². The van der Waals surface area contributed by atoms with E-state index in [4.69, 9.17) is 54.2 Å². The van der Waals surface area contributed by atoms with E-state index in [2.05, 4.69) is 137 Å². The number of rotatable bonds is 18. The molecule has 0 saturated carbocycles. The zero-order valence-electron chi connectivity index (χ0n) is 54.2. The Balaban J connectivity index is 0.000000205. The molecular formula is C72H90ClN15O6. The van der Waals surface area contributed by atoms with E-state index >= 15 is 0 Å². The predicted octanol–water partition coefficient (Wildman–Crippen LogP) is 9.08. The normalized spacial score (nSPS) is 19.4. The van der Waals surface area contributed by atoms with Gasteiger partial charge in [-0.25, -0.2) is 13.1 Å². The number of halogens is 1. The number of piperazine rings is 1. The van der Waals surface area contributed by atoms with Crippen molar-refractivity contribution in [3.05, 3.63) is 156 Å². The number of allylic oxidation sites excluding steroid dienone is 1. The number of likely N-dealkylation sites (tertiary alicyclic amines) is 2. The van der Waals surface area contributed by atoms with Crippen LogP contribution in [0.5, 0.6) is 12.0 Å². The number of hydrogen-bond acceptors (Lipinski definition) is 16. The van der Waals surface area contributed by atoms with Crippen LogP contribution in [0.1, 0.15) is 68.5 Å². The van der Waals surface area contributed by atoms with Crippen molar-refractivity contribution in [3.63, 3.8) is 0 Å². The summed E-state index contributed by atoms with van der Waals surface area (Å²) in [4.78, 5) is 93.1. The molecule has 4 aromatic carbocycles. The minimum atomic E-state index is -0.509. The fourth-order valence-corrected chi connectivity index (χ4v) is 13.6. The fourth-order valence-electron chi connectivity index (χ4n) is 13.6. The van der Waals surface area contributed by atoms with Gasteiger partial charge in [-0.05, 0) is 111 Å². The van der Waals surface area contributed by atoms with Crippen LogP contribution in [-0.2, 0) is 45.1 Å². The first-order valence-electron chi connectivity index (χ1n) is 32.4. The second kappa shape index (κ2) is 32.8. The Kier molecular flexibility index (Phi) is 24.2. The smallest absolute Gasteiger partial charge is 0.318 e.